The average molecular weight is 479 g/mol. The number of H-pyrrole nitrogens is 1. The van der Waals surface area contributed by atoms with Crippen LogP contribution in [0.25, 0.3) is 0 Å². The molecule has 0 aromatic carbocycles. The molecule has 0 saturated carbocycles. The number of carbonyl (C=O) groups excluding carboxylic acids is 1. The van der Waals surface area contributed by atoms with Gasteiger partial charge in [-0.05, 0) is 44.7 Å². The molecule has 2 aromatic rings. The van der Waals surface area contributed by atoms with Crippen molar-refractivity contribution in [1.82, 2.24) is 24.8 Å². The van der Waals surface area contributed by atoms with Gasteiger partial charge in [0.1, 0.15) is 9.21 Å². The molecule has 0 bridgehead atoms. The van der Waals surface area contributed by atoms with Crippen molar-refractivity contribution in [3.05, 3.63) is 26.9 Å². The molecule has 0 saturated heterocycles. The van der Waals surface area contributed by atoms with Crippen LogP contribution in [0.2, 0.25) is 0 Å². The molecule has 4 N–H and O–H groups in total. The number of imidazole rings is 2. The van der Waals surface area contributed by atoms with Crippen LogP contribution in [-0.2, 0) is 13.5 Å². The highest BCUT2D eigenvalue weighted by Crippen LogP contribution is 2.22. The molecule has 22 heavy (non-hydrogen) atoms. The van der Waals surface area contributed by atoms with E-state index in [-0.39, 0.29) is 30.7 Å². The lowest BCUT2D eigenvalue weighted by Gasteiger charge is -2.04. The van der Waals surface area contributed by atoms with Crippen LogP contribution in [0, 0.1) is 0 Å². The third kappa shape index (κ3) is 5.15. The quantitative estimate of drug-likeness (QED) is 0.574. The highest BCUT2D eigenvalue weighted by atomic mass is 79.9. The summed E-state index contributed by atoms with van der Waals surface area (Å²) in [5, 5.41) is 2.83. The van der Waals surface area contributed by atoms with Crippen molar-refractivity contribution in [1.29, 1.82) is 0 Å². The van der Waals surface area contributed by atoms with Gasteiger partial charge in [0.05, 0.1) is 6.20 Å². The summed E-state index contributed by atoms with van der Waals surface area (Å²) in [6.07, 6.45) is 3.27. The zero-order chi connectivity index (χ0) is 14.7. The van der Waals surface area contributed by atoms with Crippen LogP contribution >= 0.6 is 56.7 Å². The molecule has 124 valence electrons. The molecule has 2 rings (SSSR count). The van der Waals surface area contributed by atoms with Gasteiger partial charge in [0.2, 0.25) is 5.82 Å². The standard InChI is InChI=1S/C11H14Br2N6O.2ClH/c1-19-8(13)7(12)18-9(19)10(20)15-4-2-3-6-5-16-11(14)17-6;;/h5H,2-4H2,1H3,(H,15,20)(H3,14,16,17);2*1H. The van der Waals surface area contributed by atoms with E-state index >= 15 is 0 Å². The molecule has 0 radical (unpaired) electrons. The number of hydrogen-bond donors (Lipinski definition) is 3. The number of aromatic amines is 1. The average Bonchev–Trinajstić information content (AvgIpc) is 2.94. The summed E-state index contributed by atoms with van der Waals surface area (Å²) in [5.41, 5.74) is 6.44. The molecule has 0 atom stereocenters. The third-order valence-corrected chi connectivity index (χ3v) is 4.74. The first-order valence-corrected chi connectivity index (χ1v) is 7.53. The Bertz CT molecular complexity index is 630. The minimum Gasteiger partial charge on any atom is -0.369 e. The Morgan fingerprint density at radius 2 is 2.14 bits per heavy atom. The van der Waals surface area contributed by atoms with Gasteiger partial charge in [0.25, 0.3) is 5.91 Å². The molecule has 0 fully saturated rings. The van der Waals surface area contributed by atoms with Gasteiger partial charge in [0, 0.05) is 19.3 Å². The molecule has 0 unspecified atom stereocenters. The van der Waals surface area contributed by atoms with E-state index in [0.717, 1.165) is 23.1 Å². The number of aryl methyl sites for hydroxylation is 1. The van der Waals surface area contributed by atoms with Crippen LogP contribution in [0.3, 0.4) is 0 Å². The predicted molar refractivity (Wildman–Crippen MR) is 96.8 cm³/mol. The fraction of sp³-hybridized carbons (Fsp3) is 0.364. The molecule has 2 aromatic heterocycles. The third-order valence-electron chi connectivity index (χ3n) is 2.75. The van der Waals surface area contributed by atoms with Crippen LogP contribution in [0.4, 0.5) is 5.95 Å². The van der Waals surface area contributed by atoms with E-state index in [1.807, 2.05) is 0 Å². The molecular weight excluding hydrogens is 463 g/mol. The molecule has 2 heterocycles. The molecular formula is C11H16Br2Cl2N6O. The number of anilines is 1. The fourth-order valence-corrected chi connectivity index (χ4v) is 2.40. The summed E-state index contributed by atoms with van der Waals surface area (Å²) in [4.78, 5) is 23.0. The van der Waals surface area contributed by atoms with Crippen molar-refractivity contribution < 1.29 is 4.79 Å². The Balaban J connectivity index is 0.00000220. The lowest BCUT2D eigenvalue weighted by molar-refractivity contribution is 0.0939. The number of nitrogens with two attached hydrogens (primary N) is 1. The minimum atomic E-state index is -0.206. The van der Waals surface area contributed by atoms with E-state index in [1.54, 1.807) is 17.8 Å². The number of amides is 1. The topological polar surface area (TPSA) is 102 Å². The highest BCUT2D eigenvalue weighted by Gasteiger charge is 2.16. The van der Waals surface area contributed by atoms with Gasteiger partial charge in [0.15, 0.2) is 5.95 Å². The van der Waals surface area contributed by atoms with Gasteiger partial charge in [-0.15, -0.1) is 24.8 Å². The Morgan fingerprint density at radius 1 is 1.45 bits per heavy atom. The Labute approximate surface area is 156 Å². The van der Waals surface area contributed by atoms with Gasteiger partial charge in [-0.25, -0.2) is 9.97 Å². The smallest absolute Gasteiger partial charge is 0.287 e. The van der Waals surface area contributed by atoms with E-state index in [9.17, 15) is 4.79 Å². The second-order valence-electron chi connectivity index (χ2n) is 4.23. The number of nitrogens with one attached hydrogen (secondary N) is 2. The monoisotopic (exact) mass is 476 g/mol. The molecule has 0 aliphatic carbocycles. The van der Waals surface area contributed by atoms with Gasteiger partial charge in [-0.3, -0.25) is 4.79 Å². The van der Waals surface area contributed by atoms with Crippen molar-refractivity contribution in [2.24, 2.45) is 7.05 Å². The maximum atomic E-state index is 12.0. The largest absolute Gasteiger partial charge is 0.369 e. The van der Waals surface area contributed by atoms with Crippen molar-refractivity contribution in [3.8, 4) is 0 Å². The Kier molecular flexibility index (Phi) is 9.06. The van der Waals surface area contributed by atoms with Crippen molar-refractivity contribution in [2.75, 3.05) is 12.3 Å². The van der Waals surface area contributed by atoms with E-state index in [1.165, 1.54) is 0 Å². The first-order chi connectivity index (χ1) is 9.49. The SMILES string of the molecule is Cl.Cl.Cn1c(C(=O)NCCCc2cnc(N)[nH]2)nc(Br)c1Br. The summed E-state index contributed by atoms with van der Waals surface area (Å²) in [7, 11) is 1.77. The maximum absolute atomic E-state index is 12.0. The zero-order valence-electron chi connectivity index (χ0n) is 11.6. The molecule has 0 aliphatic rings. The molecule has 1 amide bonds. The minimum absolute atomic E-state index is 0. The second kappa shape index (κ2) is 9.39. The highest BCUT2D eigenvalue weighted by molar-refractivity contribution is 9.13. The van der Waals surface area contributed by atoms with Crippen LogP contribution in [0.1, 0.15) is 22.7 Å². The Hall–Kier alpha value is -0.770. The number of rotatable bonds is 5. The number of nitrogen functional groups attached to an aromatic ring is 1. The number of carbonyl (C=O) groups is 1. The number of hydrogen-bond acceptors (Lipinski definition) is 4. The van der Waals surface area contributed by atoms with E-state index in [0.29, 0.717) is 22.9 Å². The lowest BCUT2D eigenvalue weighted by Crippen LogP contribution is -2.27. The van der Waals surface area contributed by atoms with Crippen molar-refractivity contribution >= 4 is 68.5 Å². The van der Waals surface area contributed by atoms with Gasteiger partial charge in [-0.2, -0.15) is 0 Å². The summed E-state index contributed by atoms with van der Waals surface area (Å²) >= 11 is 6.60. The molecule has 7 nitrogen and oxygen atoms in total. The summed E-state index contributed by atoms with van der Waals surface area (Å²) in [6.45, 7) is 0.555. The Morgan fingerprint density at radius 3 is 2.64 bits per heavy atom. The van der Waals surface area contributed by atoms with Gasteiger partial charge < -0.3 is 20.6 Å². The second-order valence-corrected chi connectivity index (χ2v) is 5.73. The number of halogens is 4. The fourth-order valence-electron chi connectivity index (χ4n) is 1.71. The van der Waals surface area contributed by atoms with Crippen LogP contribution in [-0.4, -0.2) is 32.0 Å². The summed E-state index contributed by atoms with van der Waals surface area (Å²) in [5.74, 6) is 0.560. The number of nitrogens with zero attached hydrogens (tertiary/aromatic N) is 3. The van der Waals surface area contributed by atoms with E-state index < -0.39 is 0 Å². The van der Waals surface area contributed by atoms with Crippen molar-refractivity contribution in [3.63, 3.8) is 0 Å². The van der Waals surface area contributed by atoms with Crippen LogP contribution < -0.4 is 11.1 Å². The summed E-state index contributed by atoms with van der Waals surface area (Å²) in [6, 6.07) is 0. The first kappa shape index (κ1) is 21.2. The van der Waals surface area contributed by atoms with E-state index in [2.05, 4.69) is 52.1 Å². The zero-order valence-corrected chi connectivity index (χ0v) is 16.4. The van der Waals surface area contributed by atoms with Crippen LogP contribution in [0.5, 0.6) is 0 Å². The first-order valence-electron chi connectivity index (χ1n) is 5.94. The normalized spacial score (nSPS) is 9.77. The van der Waals surface area contributed by atoms with E-state index in [4.69, 9.17) is 5.73 Å². The van der Waals surface area contributed by atoms with Crippen molar-refractivity contribution in [2.45, 2.75) is 12.8 Å². The van der Waals surface area contributed by atoms with Gasteiger partial charge >= 0.3 is 0 Å². The van der Waals surface area contributed by atoms with Gasteiger partial charge in [-0.1, -0.05) is 0 Å². The predicted octanol–water partition coefficient (Wildman–Crippen LogP) is 2.46. The molecule has 0 spiro atoms. The lowest BCUT2D eigenvalue weighted by atomic mass is 10.2. The molecule has 11 heteroatoms. The number of aromatic nitrogens is 4. The molecule has 0 aliphatic heterocycles. The van der Waals surface area contributed by atoms with Crippen LogP contribution in [0.15, 0.2) is 15.4 Å². The summed E-state index contributed by atoms with van der Waals surface area (Å²) < 4.78 is 3.02. The maximum Gasteiger partial charge on any atom is 0.287 e.